The summed E-state index contributed by atoms with van der Waals surface area (Å²) in [6.45, 7) is 4.17. The molecule has 0 radical (unpaired) electrons. The van der Waals surface area contributed by atoms with Gasteiger partial charge in [-0.25, -0.2) is 9.97 Å². The number of halogens is 1. The number of nitrogens with one attached hydrogen (secondary N) is 1. The highest BCUT2D eigenvalue weighted by Crippen LogP contribution is 2.24. The number of hydrogen-bond acceptors (Lipinski definition) is 4. The topological polar surface area (TPSA) is 47.0 Å². The second-order valence-electron chi connectivity index (χ2n) is 3.80. The minimum atomic E-state index is 0.199. The largest absolute Gasteiger partial charge is 0.472 e. The summed E-state index contributed by atoms with van der Waals surface area (Å²) in [5, 5.41) is 3.32. The van der Waals surface area contributed by atoms with Gasteiger partial charge in [-0.15, -0.1) is 0 Å². The Morgan fingerprint density at radius 3 is 3.20 bits per heavy atom. The Morgan fingerprint density at radius 1 is 1.60 bits per heavy atom. The fourth-order valence-corrected chi connectivity index (χ4v) is 1.96. The van der Waals surface area contributed by atoms with Crippen molar-refractivity contribution in [1.29, 1.82) is 0 Å². The molecule has 1 aliphatic rings. The molecule has 5 heteroatoms. The first-order chi connectivity index (χ1) is 7.27. The van der Waals surface area contributed by atoms with Crippen molar-refractivity contribution in [3.05, 3.63) is 17.0 Å². The summed E-state index contributed by atoms with van der Waals surface area (Å²) in [7, 11) is 0. The van der Waals surface area contributed by atoms with Crippen LogP contribution < -0.4 is 10.1 Å². The van der Waals surface area contributed by atoms with Crippen molar-refractivity contribution in [2.24, 2.45) is 5.92 Å². The normalized spacial score (nSPS) is 26.3. The molecule has 0 aromatic carbocycles. The number of ether oxygens (including phenoxy) is 1. The van der Waals surface area contributed by atoms with Crippen LogP contribution in [0, 0.1) is 5.92 Å². The van der Waals surface area contributed by atoms with E-state index in [0.29, 0.717) is 11.8 Å². The van der Waals surface area contributed by atoms with Crippen LogP contribution in [0.25, 0.3) is 0 Å². The lowest BCUT2D eigenvalue weighted by molar-refractivity contribution is 0.108. The molecule has 0 saturated carbocycles. The summed E-state index contributed by atoms with van der Waals surface area (Å²) in [6.07, 6.45) is 4.54. The van der Waals surface area contributed by atoms with Gasteiger partial charge in [0.05, 0.1) is 4.47 Å². The summed E-state index contributed by atoms with van der Waals surface area (Å²) in [4.78, 5) is 8.00. The third-order valence-corrected chi connectivity index (χ3v) is 3.20. The molecule has 82 valence electrons. The first kappa shape index (κ1) is 10.8. The predicted molar refractivity (Wildman–Crippen MR) is 60.8 cm³/mol. The Morgan fingerprint density at radius 2 is 2.47 bits per heavy atom. The molecule has 0 spiro atoms. The van der Waals surface area contributed by atoms with Gasteiger partial charge in [0.1, 0.15) is 12.4 Å². The van der Waals surface area contributed by atoms with Gasteiger partial charge in [0.2, 0.25) is 5.88 Å². The molecule has 2 atom stereocenters. The average molecular weight is 272 g/mol. The summed E-state index contributed by atoms with van der Waals surface area (Å²) in [5.74, 6) is 1.19. The third-order valence-electron chi connectivity index (χ3n) is 2.65. The molecule has 0 amide bonds. The minimum absolute atomic E-state index is 0.199. The number of hydrogen-bond donors (Lipinski definition) is 1. The first-order valence-corrected chi connectivity index (χ1v) is 5.89. The van der Waals surface area contributed by atoms with Crippen molar-refractivity contribution in [2.75, 3.05) is 13.1 Å². The van der Waals surface area contributed by atoms with Gasteiger partial charge in [-0.2, -0.15) is 0 Å². The summed E-state index contributed by atoms with van der Waals surface area (Å²) in [5.41, 5.74) is 0. The molecule has 1 fully saturated rings. The fourth-order valence-electron chi connectivity index (χ4n) is 1.65. The molecule has 1 N–H and O–H groups in total. The average Bonchev–Trinajstić information content (AvgIpc) is 2.24. The van der Waals surface area contributed by atoms with Gasteiger partial charge in [-0.1, -0.05) is 6.92 Å². The minimum Gasteiger partial charge on any atom is -0.472 e. The molecule has 0 aliphatic carbocycles. The summed E-state index contributed by atoms with van der Waals surface area (Å²) < 4.78 is 6.65. The SMILES string of the molecule is CC1CCNCC1Oc1ncncc1Br. The van der Waals surface area contributed by atoms with E-state index >= 15 is 0 Å². The highest BCUT2D eigenvalue weighted by atomic mass is 79.9. The molecule has 4 nitrogen and oxygen atoms in total. The van der Waals surface area contributed by atoms with Crippen LogP contribution >= 0.6 is 15.9 Å². The highest BCUT2D eigenvalue weighted by Gasteiger charge is 2.23. The van der Waals surface area contributed by atoms with Crippen molar-refractivity contribution >= 4 is 15.9 Å². The van der Waals surface area contributed by atoms with E-state index in [1.54, 1.807) is 6.20 Å². The lowest BCUT2D eigenvalue weighted by Crippen LogP contribution is -2.43. The third kappa shape index (κ3) is 2.66. The molecule has 2 heterocycles. The smallest absolute Gasteiger partial charge is 0.231 e. The fraction of sp³-hybridized carbons (Fsp3) is 0.600. The maximum absolute atomic E-state index is 5.84. The van der Waals surface area contributed by atoms with Gasteiger partial charge in [-0.3, -0.25) is 0 Å². The number of rotatable bonds is 2. The lowest BCUT2D eigenvalue weighted by Gasteiger charge is -2.29. The van der Waals surface area contributed by atoms with E-state index in [-0.39, 0.29) is 6.10 Å². The maximum atomic E-state index is 5.84. The van der Waals surface area contributed by atoms with Gasteiger partial charge >= 0.3 is 0 Å². The molecular formula is C10H14BrN3O. The van der Waals surface area contributed by atoms with E-state index in [2.05, 4.69) is 38.1 Å². The Hall–Kier alpha value is -0.680. The summed E-state index contributed by atoms with van der Waals surface area (Å²) >= 11 is 3.37. The quantitative estimate of drug-likeness (QED) is 0.888. The van der Waals surface area contributed by atoms with Crippen LogP contribution in [-0.2, 0) is 0 Å². The first-order valence-electron chi connectivity index (χ1n) is 5.10. The second-order valence-corrected chi connectivity index (χ2v) is 4.66. The zero-order valence-corrected chi connectivity index (χ0v) is 10.2. The monoisotopic (exact) mass is 271 g/mol. The van der Waals surface area contributed by atoms with Crippen LogP contribution in [0.1, 0.15) is 13.3 Å². The van der Waals surface area contributed by atoms with Crippen molar-refractivity contribution in [3.63, 3.8) is 0 Å². The van der Waals surface area contributed by atoms with Gasteiger partial charge in [0.25, 0.3) is 0 Å². The van der Waals surface area contributed by atoms with Crippen LogP contribution in [0.4, 0.5) is 0 Å². The number of nitrogens with zero attached hydrogens (tertiary/aromatic N) is 2. The standard InChI is InChI=1S/C10H14BrN3O/c1-7-2-3-12-5-9(7)15-10-8(11)4-13-6-14-10/h4,6-7,9,12H,2-3,5H2,1H3. The van der Waals surface area contributed by atoms with Crippen LogP contribution in [0.2, 0.25) is 0 Å². The van der Waals surface area contributed by atoms with Crippen LogP contribution in [0.5, 0.6) is 5.88 Å². The van der Waals surface area contributed by atoms with E-state index in [1.807, 2.05) is 0 Å². The van der Waals surface area contributed by atoms with E-state index < -0.39 is 0 Å². The molecule has 1 aromatic rings. The lowest BCUT2D eigenvalue weighted by atomic mass is 9.97. The van der Waals surface area contributed by atoms with E-state index in [1.165, 1.54) is 6.33 Å². The molecule has 1 aliphatic heterocycles. The van der Waals surface area contributed by atoms with Crippen LogP contribution in [0.3, 0.4) is 0 Å². The zero-order valence-electron chi connectivity index (χ0n) is 8.61. The molecule has 15 heavy (non-hydrogen) atoms. The molecule has 2 unspecified atom stereocenters. The van der Waals surface area contributed by atoms with Crippen LogP contribution in [-0.4, -0.2) is 29.2 Å². The Balaban J connectivity index is 2.04. The Labute approximate surface area is 97.6 Å². The summed E-state index contributed by atoms with van der Waals surface area (Å²) in [6, 6.07) is 0. The van der Waals surface area contributed by atoms with Gasteiger partial charge in [0, 0.05) is 12.7 Å². The molecule has 2 rings (SSSR count). The number of piperidine rings is 1. The van der Waals surface area contributed by atoms with Crippen molar-refractivity contribution in [2.45, 2.75) is 19.4 Å². The molecular weight excluding hydrogens is 258 g/mol. The van der Waals surface area contributed by atoms with Crippen molar-refractivity contribution < 1.29 is 4.74 Å². The van der Waals surface area contributed by atoms with Gasteiger partial charge in [0.15, 0.2) is 0 Å². The second kappa shape index (κ2) is 4.90. The zero-order chi connectivity index (χ0) is 10.7. The van der Waals surface area contributed by atoms with Crippen molar-refractivity contribution in [1.82, 2.24) is 15.3 Å². The van der Waals surface area contributed by atoms with Gasteiger partial charge in [-0.05, 0) is 34.8 Å². The maximum Gasteiger partial charge on any atom is 0.231 e. The Bertz CT molecular complexity index is 334. The van der Waals surface area contributed by atoms with Gasteiger partial charge < -0.3 is 10.1 Å². The Kier molecular flexibility index (Phi) is 3.53. The van der Waals surface area contributed by atoms with Crippen LogP contribution in [0.15, 0.2) is 17.0 Å². The molecule has 1 saturated heterocycles. The highest BCUT2D eigenvalue weighted by molar-refractivity contribution is 9.10. The predicted octanol–water partition coefficient (Wildman–Crippen LogP) is 1.62. The number of aromatic nitrogens is 2. The van der Waals surface area contributed by atoms with E-state index in [4.69, 9.17) is 4.74 Å². The van der Waals surface area contributed by atoms with E-state index in [0.717, 1.165) is 24.0 Å². The van der Waals surface area contributed by atoms with Crippen molar-refractivity contribution in [3.8, 4) is 5.88 Å². The van der Waals surface area contributed by atoms with E-state index in [9.17, 15) is 0 Å². The molecule has 0 bridgehead atoms. The molecule has 1 aromatic heterocycles.